The fourth-order valence-corrected chi connectivity index (χ4v) is 2.04. The third kappa shape index (κ3) is 2.89. The third-order valence-corrected chi connectivity index (χ3v) is 3.15. The maximum absolute atomic E-state index is 9.74. The van der Waals surface area contributed by atoms with E-state index in [-0.39, 0.29) is 0 Å². The minimum atomic E-state index is -0.549. The molecule has 0 aliphatic carbocycles. The summed E-state index contributed by atoms with van der Waals surface area (Å²) >= 11 is 1.47. The average molecular weight is 213 g/mol. The Bertz CT molecular complexity index is 260. The molecule has 1 heterocycles. The highest BCUT2D eigenvalue weighted by Gasteiger charge is 2.28. The van der Waals surface area contributed by atoms with Gasteiger partial charge in [-0.25, -0.2) is 0 Å². The lowest BCUT2D eigenvalue weighted by molar-refractivity contribution is 0.0105. The summed E-state index contributed by atoms with van der Waals surface area (Å²) in [5, 5.41) is 19.0. The zero-order valence-electron chi connectivity index (χ0n) is 8.53. The fraction of sp³-hybridized carbons (Fsp3) is 0.778. The van der Waals surface area contributed by atoms with Crippen LogP contribution in [0.15, 0.2) is 4.99 Å². The predicted molar refractivity (Wildman–Crippen MR) is 58.0 cm³/mol. The number of piperidine rings is 1. The second kappa shape index (κ2) is 4.67. The number of likely N-dealkylation sites (tertiary alicyclic amines) is 1. The van der Waals surface area contributed by atoms with Crippen LogP contribution in [-0.2, 0) is 0 Å². The van der Waals surface area contributed by atoms with Gasteiger partial charge in [0.25, 0.3) is 0 Å². The first kappa shape index (κ1) is 11.3. The number of amidine groups is 1. The van der Waals surface area contributed by atoms with Crippen LogP contribution in [0, 0.1) is 11.5 Å². The van der Waals surface area contributed by atoms with Crippen LogP contribution in [0.3, 0.4) is 0 Å². The lowest BCUT2D eigenvalue weighted by Crippen LogP contribution is -2.44. The van der Waals surface area contributed by atoms with E-state index in [0.717, 1.165) is 31.1 Å². The molecule has 4 nitrogen and oxygen atoms in total. The van der Waals surface area contributed by atoms with Crippen molar-refractivity contribution in [3.63, 3.8) is 0 Å². The van der Waals surface area contributed by atoms with Crippen LogP contribution >= 0.6 is 11.8 Å². The Balaban J connectivity index is 2.57. The van der Waals surface area contributed by atoms with E-state index in [0.29, 0.717) is 0 Å². The van der Waals surface area contributed by atoms with Crippen LogP contribution in [0.2, 0.25) is 0 Å². The van der Waals surface area contributed by atoms with E-state index < -0.39 is 5.60 Å². The molecule has 0 saturated carbocycles. The summed E-state index contributed by atoms with van der Waals surface area (Å²) < 4.78 is 0. The first-order valence-electron chi connectivity index (χ1n) is 4.57. The van der Waals surface area contributed by atoms with Gasteiger partial charge in [-0.15, -0.1) is 4.99 Å². The Morgan fingerprint density at radius 1 is 1.57 bits per heavy atom. The van der Waals surface area contributed by atoms with Crippen LogP contribution in [0.25, 0.3) is 0 Å². The predicted octanol–water partition coefficient (Wildman–Crippen LogP) is 1.03. The zero-order chi connectivity index (χ0) is 10.6. The van der Waals surface area contributed by atoms with Crippen LogP contribution in [0.5, 0.6) is 0 Å². The largest absolute Gasteiger partial charge is 0.390 e. The Labute approximate surface area is 88.6 Å². The van der Waals surface area contributed by atoms with E-state index >= 15 is 0 Å². The van der Waals surface area contributed by atoms with E-state index in [2.05, 4.69) is 4.99 Å². The van der Waals surface area contributed by atoms with Crippen molar-refractivity contribution in [2.45, 2.75) is 25.4 Å². The Hall–Kier alpha value is -0.730. The van der Waals surface area contributed by atoms with Crippen LogP contribution < -0.4 is 0 Å². The van der Waals surface area contributed by atoms with Crippen molar-refractivity contribution in [1.82, 2.24) is 4.90 Å². The summed E-state index contributed by atoms with van der Waals surface area (Å²) in [6, 6.07) is 0. The molecule has 1 rings (SSSR count). The zero-order valence-corrected chi connectivity index (χ0v) is 9.34. The minimum absolute atomic E-state index is 0.549. The molecule has 0 radical (unpaired) electrons. The summed E-state index contributed by atoms with van der Waals surface area (Å²) in [6.07, 6.45) is 5.17. The molecule has 1 aliphatic rings. The number of rotatable bonds is 0. The van der Waals surface area contributed by atoms with Crippen molar-refractivity contribution >= 4 is 16.9 Å². The topological polar surface area (TPSA) is 59.6 Å². The molecule has 0 unspecified atom stereocenters. The van der Waals surface area contributed by atoms with Crippen LogP contribution in [0.1, 0.15) is 19.8 Å². The van der Waals surface area contributed by atoms with Crippen molar-refractivity contribution in [2.24, 2.45) is 4.99 Å². The average Bonchev–Trinajstić information content (AvgIpc) is 2.15. The molecule has 1 fully saturated rings. The quantitative estimate of drug-likeness (QED) is 0.371. The van der Waals surface area contributed by atoms with Gasteiger partial charge >= 0.3 is 0 Å². The molecule has 0 amide bonds. The number of nitriles is 1. The minimum Gasteiger partial charge on any atom is -0.390 e. The molecule has 0 aromatic carbocycles. The van der Waals surface area contributed by atoms with E-state index in [4.69, 9.17) is 5.26 Å². The number of hydrogen-bond acceptors (Lipinski definition) is 4. The molecule has 0 aromatic heterocycles. The SMILES string of the molecule is CSC(=NC#N)N1CCC(C)(O)CC1. The highest BCUT2D eigenvalue weighted by atomic mass is 32.2. The van der Waals surface area contributed by atoms with E-state index in [1.165, 1.54) is 11.8 Å². The normalized spacial score (nSPS) is 21.9. The van der Waals surface area contributed by atoms with Gasteiger partial charge in [0.15, 0.2) is 5.17 Å². The molecular weight excluding hydrogens is 198 g/mol. The smallest absolute Gasteiger partial charge is 0.208 e. The van der Waals surface area contributed by atoms with Gasteiger partial charge in [0.1, 0.15) is 0 Å². The highest BCUT2D eigenvalue weighted by Crippen LogP contribution is 2.22. The highest BCUT2D eigenvalue weighted by molar-refractivity contribution is 8.13. The second-order valence-corrected chi connectivity index (χ2v) is 4.46. The molecule has 5 heteroatoms. The van der Waals surface area contributed by atoms with Crippen molar-refractivity contribution in [3.05, 3.63) is 0 Å². The monoisotopic (exact) mass is 213 g/mol. The lowest BCUT2D eigenvalue weighted by Gasteiger charge is -2.36. The van der Waals surface area contributed by atoms with Gasteiger partial charge < -0.3 is 10.0 Å². The molecule has 78 valence electrons. The molecule has 0 atom stereocenters. The summed E-state index contributed by atoms with van der Waals surface area (Å²) in [5.74, 6) is 0. The van der Waals surface area contributed by atoms with Gasteiger partial charge in [0, 0.05) is 13.1 Å². The van der Waals surface area contributed by atoms with Crippen LogP contribution in [-0.4, -0.2) is 40.1 Å². The molecular formula is C9H15N3OS. The maximum atomic E-state index is 9.74. The van der Waals surface area contributed by atoms with Crippen molar-refractivity contribution < 1.29 is 5.11 Å². The Morgan fingerprint density at radius 2 is 2.14 bits per heavy atom. The first-order chi connectivity index (χ1) is 6.59. The molecule has 14 heavy (non-hydrogen) atoms. The second-order valence-electron chi connectivity index (χ2n) is 3.68. The molecule has 1 N–H and O–H groups in total. The van der Waals surface area contributed by atoms with Crippen LogP contribution in [0.4, 0.5) is 0 Å². The summed E-state index contributed by atoms with van der Waals surface area (Å²) in [7, 11) is 0. The summed E-state index contributed by atoms with van der Waals surface area (Å²) in [5.41, 5.74) is -0.549. The standard InChI is InChI=1S/C9H15N3OS/c1-9(13)3-5-12(6-4-9)8(14-2)11-7-10/h13H,3-6H2,1-2H3. The van der Waals surface area contributed by atoms with E-state index in [1.807, 2.05) is 18.1 Å². The lowest BCUT2D eigenvalue weighted by atomic mass is 9.94. The number of hydrogen-bond donors (Lipinski definition) is 1. The molecule has 0 aromatic rings. The Morgan fingerprint density at radius 3 is 2.57 bits per heavy atom. The van der Waals surface area contributed by atoms with Crippen molar-refractivity contribution in [1.29, 1.82) is 5.26 Å². The van der Waals surface area contributed by atoms with Gasteiger partial charge in [-0.1, -0.05) is 11.8 Å². The number of nitrogens with zero attached hydrogens (tertiary/aromatic N) is 3. The maximum Gasteiger partial charge on any atom is 0.208 e. The van der Waals surface area contributed by atoms with Gasteiger partial charge in [-0.3, -0.25) is 0 Å². The molecule has 0 bridgehead atoms. The number of aliphatic hydroxyl groups is 1. The number of thioether (sulfide) groups is 1. The first-order valence-corrected chi connectivity index (χ1v) is 5.79. The Kier molecular flexibility index (Phi) is 3.78. The molecule has 1 saturated heterocycles. The van der Waals surface area contributed by atoms with Gasteiger partial charge in [-0.05, 0) is 26.0 Å². The van der Waals surface area contributed by atoms with Crippen molar-refractivity contribution in [3.8, 4) is 6.19 Å². The summed E-state index contributed by atoms with van der Waals surface area (Å²) in [4.78, 5) is 5.79. The van der Waals surface area contributed by atoms with Crippen molar-refractivity contribution in [2.75, 3.05) is 19.3 Å². The van der Waals surface area contributed by atoms with E-state index in [1.54, 1.807) is 6.19 Å². The van der Waals surface area contributed by atoms with Gasteiger partial charge in [0.05, 0.1) is 5.60 Å². The number of aliphatic imine (C=N–C) groups is 1. The van der Waals surface area contributed by atoms with Gasteiger partial charge in [-0.2, -0.15) is 5.26 Å². The third-order valence-electron chi connectivity index (χ3n) is 2.44. The molecule has 1 aliphatic heterocycles. The van der Waals surface area contributed by atoms with E-state index in [9.17, 15) is 5.11 Å². The fourth-order valence-electron chi connectivity index (χ4n) is 1.47. The molecule has 0 spiro atoms. The summed E-state index contributed by atoms with van der Waals surface area (Å²) in [6.45, 7) is 3.40. The van der Waals surface area contributed by atoms with Gasteiger partial charge in [0.2, 0.25) is 6.19 Å².